The number of carbonyl (C=O) groups excluding carboxylic acids is 1. The lowest BCUT2D eigenvalue weighted by Gasteiger charge is -2.36. The first-order valence-electron chi connectivity index (χ1n) is 7.74. The fraction of sp³-hybridized carbons (Fsp3) is 0.611. The van der Waals surface area contributed by atoms with Crippen molar-refractivity contribution in [2.75, 3.05) is 0 Å². The van der Waals surface area contributed by atoms with Crippen molar-refractivity contribution in [3.63, 3.8) is 0 Å². The van der Waals surface area contributed by atoms with Gasteiger partial charge in [0.1, 0.15) is 0 Å². The Morgan fingerprint density at radius 1 is 1.30 bits per heavy atom. The Labute approximate surface area is 124 Å². The highest BCUT2D eigenvalue weighted by Crippen LogP contribution is 2.38. The Bertz CT molecular complexity index is 392. The van der Waals surface area contributed by atoms with Crippen LogP contribution in [-0.4, -0.2) is 5.91 Å². The number of amides is 1. The second-order valence-corrected chi connectivity index (χ2v) is 6.33. The van der Waals surface area contributed by atoms with Crippen molar-refractivity contribution in [2.45, 2.75) is 47.0 Å². The Hall–Kier alpha value is -1.31. The van der Waals surface area contributed by atoms with Gasteiger partial charge in [0, 0.05) is 11.6 Å². The van der Waals surface area contributed by atoms with Gasteiger partial charge in [-0.3, -0.25) is 4.79 Å². The molecular weight excluding hydrogens is 246 g/mol. The third kappa shape index (κ3) is 4.99. The van der Waals surface area contributed by atoms with Crippen molar-refractivity contribution in [1.29, 1.82) is 0 Å². The summed E-state index contributed by atoms with van der Waals surface area (Å²) in [6, 6.07) is 0. The molecule has 20 heavy (non-hydrogen) atoms. The Morgan fingerprint density at radius 3 is 2.60 bits per heavy atom. The number of rotatable bonds is 5. The molecule has 1 N–H and O–H groups in total. The van der Waals surface area contributed by atoms with Crippen molar-refractivity contribution in [1.82, 2.24) is 5.32 Å². The van der Waals surface area contributed by atoms with E-state index in [4.69, 9.17) is 0 Å². The molecule has 0 spiro atoms. The second-order valence-electron chi connectivity index (χ2n) is 6.33. The number of nitrogens with one attached hydrogen (secondary N) is 1. The predicted octanol–water partition coefficient (Wildman–Crippen LogP) is 4.46. The van der Waals surface area contributed by atoms with Crippen LogP contribution in [0.2, 0.25) is 0 Å². The zero-order valence-electron chi connectivity index (χ0n) is 13.4. The highest BCUT2D eigenvalue weighted by molar-refractivity contribution is 5.81. The topological polar surface area (TPSA) is 29.1 Å². The Balaban J connectivity index is 2.65. The van der Waals surface area contributed by atoms with Crippen molar-refractivity contribution >= 4 is 5.91 Å². The third-order valence-electron chi connectivity index (χ3n) is 4.24. The van der Waals surface area contributed by atoms with Crippen LogP contribution in [0.5, 0.6) is 0 Å². The maximum atomic E-state index is 12.5. The molecule has 1 fully saturated rings. The Morgan fingerprint density at radius 2 is 2.00 bits per heavy atom. The van der Waals surface area contributed by atoms with E-state index in [2.05, 4.69) is 32.7 Å². The van der Waals surface area contributed by atoms with E-state index in [1.54, 1.807) is 0 Å². The molecule has 0 aromatic carbocycles. The molecule has 0 unspecified atom stereocenters. The minimum atomic E-state index is 0.130. The number of hydrogen-bond donors (Lipinski definition) is 1. The van der Waals surface area contributed by atoms with E-state index < -0.39 is 0 Å². The first-order chi connectivity index (χ1) is 9.45. The molecular formula is C18H29NO. The summed E-state index contributed by atoms with van der Waals surface area (Å²) in [5, 5.41) is 2.96. The largest absolute Gasteiger partial charge is 0.326 e. The summed E-state index contributed by atoms with van der Waals surface area (Å²) in [4.78, 5) is 12.5. The fourth-order valence-electron chi connectivity index (χ4n) is 3.08. The predicted molar refractivity (Wildman–Crippen MR) is 86.1 cm³/mol. The van der Waals surface area contributed by atoms with Gasteiger partial charge in [-0.15, -0.1) is 0 Å². The zero-order chi connectivity index (χ0) is 15.1. The molecule has 0 saturated heterocycles. The van der Waals surface area contributed by atoms with Crippen LogP contribution in [0.25, 0.3) is 0 Å². The van der Waals surface area contributed by atoms with Gasteiger partial charge in [0.05, 0.1) is 0 Å². The molecule has 0 aromatic heterocycles. The minimum Gasteiger partial charge on any atom is -0.326 e. The summed E-state index contributed by atoms with van der Waals surface area (Å²) >= 11 is 0. The highest BCUT2D eigenvalue weighted by atomic mass is 16.1. The molecule has 2 nitrogen and oxygen atoms in total. The van der Waals surface area contributed by atoms with Gasteiger partial charge in [0.25, 0.3) is 0 Å². The smallest absolute Gasteiger partial charge is 0.227 e. The molecule has 1 aliphatic carbocycles. The first kappa shape index (κ1) is 16.7. The molecule has 0 aliphatic heterocycles. The zero-order valence-corrected chi connectivity index (χ0v) is 13.4. The summed E-state index contributed by atoms with van der Waals surface area (Å²) in [6.07, 6.45) is 11.0. The Kier molecular flexibility index (Phi) is 6.77. The molecule has 112 valence electrons. The average Bonchev–Trinajstić information content (AvgIpc) is 2.38. The van der Waals surface area contributed by atoms with Gasteiger partial charge in [0.2, 0.25) is 5.91 Å². The van der Waals surface area contributed by atoms with Crippen LogP contribution in [0.3, 0.4) is 0 Å². The maximum Gasteiger partial charge on any atom is 0.227 e. The molecule has 1 amide bonds. The quantitative estimate of drug-likeness (QED) is 0.738. The molecule has 1 saturated carbocycles. The molecule has 2 heteroatoms. The van der Waals surface area contributed by atoms with E-state index in [1.807, 2.05) is 31.2 Å². The average molecular weight is 275 g/mol. The van der Waals surface area contributed by atoms with E-state index in [1.165, 1.54) is 6.42 Å². The van der Waals surface area contributed by atoms with Crippen molar-refractivity contribution < 1.29 is 4.79 Å². The van der Waals surface area contributed by atoms with Gasteiger partial charge in [-0.2, -0.15) is 0 Å². The molecule has 3 atom stereocenters. The van der Waals surface area contributed by atoms with Crippen LogP contribution < -0.4 is 5.32 Å². The molecule has 1 rings (SSSR count). The van der Waals surface area contributed by atoms with E-state index in [-0.39, 0.29) is 11.8 Å². The maximum absolute atomic E-state index is 12.5. The van der Waals surface area contributed by atoms with Gasteiger partial charge < -0.3 is 5.32 Å². The molecule has 0 radical (unpaired) electrons. The molecule has 0 heterocycles. The number of allylic oxidation sites excluding steroid dienone is 4. The van der Waals surface area contributed by atoms with Crippen LogP contribution in [-0.2, 0) is 4.79 Å². The summed E-state index contributed by atoms with van der Waals surface area (Å²) in [5.74, 6) is 1.98. The van der Waals surface area contributed by atoms with Gasteiger partial charge in [-0.1, -0.05) is 52.0 Å². The summed E-state index contributed by atoms with van der Waals surface area (Å²) in [7, 11) is 0. The van der Waals surface area contributed by atoms with Crippen molar-refractivity contribution in [2.24, 2.45) is 23.7 Å². The monoisotopic (exact) mass is 275 g/mol. The number of hydrogen-bond acceptors (Lipinski definition) is 1. The van der Waals surface area contributed by atoms with E-state index >= 15 is 0 Å². The normalized spacial score (nSPS) is 27.4. The number of carbonyl (C=O) groups is 1. The summed E-state index contributed by atoms with van der Waals surface area (Å²) < 4.78 is 0. The lowest BCUT2D eigenvalue weighted by molar-refractivity contribution is -0.128. The minimum absolute atomic E-state index is 0.130. The van der Waals surface area contributed by atoms with Crippen LogP contribution in [0.15, 0.2) is 36.6 Å². The van der Waals surface area contributed by atoms with Gasteiger partial charge in [-0.25, -0.2) is 0 Å². The molecule has 0 bridgehead atoms. The van der Waals surface area contributed by atoms with Gasteiger partial charge in [0.15, 0.2) is 0 Å². The highest BCUT2D eigenvalue weighted by Gasteiger charge is 2.35. The van der Waals surface area contributed by atoms with Crippen LogP contribution in [0.1, 0.15) is 47.0 Å². The lowest BCUT2D eigenvalue weighted by atomic mass is 9.70. The van der Waals surface area contributed by atoms with E-state index in [0.29, 0.717) is 23.5 Å². The lowest BCUT2D eigenvalue weighted by Crippen LogP contribution is -2.39. The van der Waals surface area contributed by atoms with Crippen molar-refractivity contribution in [3.05, 3.63) is 36.6 Å². The van der Waals surface area contributed by atoms with E-state index in [9.17, 15) is 4.79 Å². The van der Waals surface area contributed by atoms with Crippen LogP contribution in [0, 0.1) is 23.7 Å². The van der Waals surface area contributed by atoms with E-state index in [0.717, 1.165) is 12.8 Å². The molecule has 0 aromatic rings. The summed E-state index contributed by atoms with van der Waals surface area (Å²) in [6.45, 7) is 12.6. The van der Waals surface area contributed by atoms with Crippen LogP contribution in [0.4, 0.5) is 0 Å². The standard InChI is InChI=1S/C18H29NO/c1-6-7-8-9-15(5)19-18(20)17-12-14(4)10-11-16(17)13(2)3/h6-9,13-14,16-17H,5,10-12H2,1-4H3,(H,19,20)/b7-6-,9-8-/t14-,16+,17-/m1/s1. The SMILES string of the molecule is C=C(/C=C\C=C/C)NC(=O)[C@@H]1C[C@H](C)CC[C@H]1C(C)C. The summed E-state index contributed by atoms with van der Waals surface area (Å²) in [5.41, 5.74) is 0.675. The molecule has 1 aliphatic rings. The van der Waals surface area contributed by atoms with Gasteiger partial charge >= 0.3 is 0 Å². The second kappa shape index (κ2) is 8.08. The fourth-order valence-corrected chi connectivity index (χ4v) is 3.08. The first-order valence-corrected chi connectivity index (χ1v) is 7.74. The van der Waals surface area contributed by atoms with Gasteiger partial charge in [-0.05, 0) is 43.6 Å². The van der Waals surface area contributed by atoms with Crippen molar-refractivity contribution in [3.8, 4) is 0 Å². The third-order valence-corrected chi connectivity index (χ3v) is 4.24. The van der Waals surface area contributed by atoms with Crippen LogP contribution >= 0.6 is 0 Å².